The molecule has 0 bridgehead atoms. The largest absolute Gasteiger partial charge is 0.506 e. The van der Waals surface area contributed by atoms with Crippen LogP contribution in [0.2, 0.25) is 0 Å². The molecule has 0 radical (unpaired) electrons. The predicted octanol–water partition coefficient (Wildman–Crippen LogP) is 4.46. The first-order valence-electron chi connectivity index (χ1n) is 10.7. The number of benzene rings is 3. The van der Waals surface area contributed by atoms with E-state index < -0.39 is 5.91 Å². The Labute approximate surface area is 199 Å². The molecule has 0 aliphatic heterocycles. The van der Waals surface area contributed by atoms with Crippen LogP contribution in [0.1, 0.15) is 46.8 Å². The van der Waals surface area contributed by atoms with Crippen LogP contribution in [0.15, 0.2) is 59.7 Å². The third-order valence-electron chi connectivity index (χ3n) is 5.18. The number of carbonyl (C=O) groups is 1. The molecule has 8 heteroatoms. The number of anilines is 1. The Balaban J connectivity index is 1.72. The Bertz CT molecular complexity index is 1150. The molecule has 0 unspecified atom stereocenters. The quantitative estimate of drug-likeness (QED) is 0.187. The molecule has 0 fully saturated rings. The molecule has 0 saturated heterocycles. The fraction of sp³-hybridized carbons (Fsp3) is 0.231. The molecule has 0 aliphatic rings. The van der Waals surface area contributed by atoms with E-state index in [2.05, 4.69) is 36.5 Å². The summed E-state index contributed by atoms with van der Waals surface area (Å²) in [5.74, 6) is 1.32. The van der Waals surface area contributed by atoms with E-state index in [0.29, 0.717) is 35.3 Å². The summed E-state index contributed by atoms with van der Waals surface area (Å²) < 4.78 is 17.0. The minimum atomic E-state index is -0.467. The minimum absolute atomic E-state index is 0.0888. The van der Waals surface area contributed by atoms with E-state index in [0.717, 1.165) is 5.56 Å². The molecular formula is C26H29N3O5. The lowest BCUT2D eigenvalue weighted by Gasteiger charge is -2.15. The van der Waals surface area contributed by atoms with E-state index in [9.17, 15) is 9.90 Å². The maximum absolute atomic E-state index is 12.2. The van der Waals surface area contributed by atoms with Gasteiger partial charge in [0.05, 0.1) is 26.1 Å². The Morgan fingerprint density at radius 1 is 1.06 bits per heavy atom. The highest BCUT2D eigenvalue weighted by molar-refractivity contribution is 5.96. The van der Waals surface area contributed by atoms with Crippen LogP contribution in [0, 0.1) is 0 Å². The van der Waals surface area contributed by atoms with Crippen molar-refractivity contribution in [3.63, 3.8) is 0 Å². The number of ether oxygens (including phenoxy) is 3. The van der Waals surface area contributed by atoms with Gasteiger partial charge in [0.2, 0.25) is 5.75 Å². The Morgan fingerprint density at radius 2 is 1.71 bits per heavy atom. The number of amides is 1. The Kier molecular flexibility index (Phi) is 7.97. The summed E-state index contributed by atoms with van der Waals surface area (Å²) in [5, 5.41) is 13.5. The lowest BCUT2D eigenvalue weighted by atomic mass is 10.0. The lowest BCUT2D eigenvalue weighted by Crippen LogP contribution is -2.17. The highest BCUT2D eigenvalue weighted by Gasteiger charge is 2.14. The lowest BCUT2D eigenvalue weighted by molar-refractivity contribution is 0.0955. The van der Waals surface area contributed by atoms with Crippen molar-refractivity contribution in [2.24, 2.45) is 5.10 Å². The number of nitrogens with zero attached hydrogens (tertiary/aromatic N) is 1. The van der Waals surface area contributed by atoms with E-state index in [4.69, 9.17) is 19.9 Å². The normalized spacial score (nSPS) is 11.0. The monoisotopic (exact) mass is 463 g/mol. The Morgan fingerprint density at radius 3 is 2.26 bits per heavy atom. The third-order valence-corrected chi connectivity index (χ3v) is 5.18. The molecule has 178 valence electrons. The van der Waals surface area contributed by atoms with Gasteiger partial charge in [-0.05, 0) is 47.4 Å². The predicted molar refractivity (Wildman–Crippen MR) is 132 cm³/mol. The van der Waals surface area contributed by atoms with Crippen LogP contribution in [0.4, 0.5) is 5.69 Å². The molecule has 0 heterocycles. The molecule has 0 aromatic heterocycles. The van der Waals surface area contributed by atoms with Crippen molar-refractivity contribution in [2.45, 2.75) is 26.4 Å². The molecule has 3 aromatic rings. The molecule has 8 nitrogen and oxygen atoms in total. The van der Waals surface area contributed by atoms with Crippen molar-refractivity contribution in [3.8, 4) is 23.0 Å². The van der Waals surface area contributed by atoms with Gasteiger partial charge in [-0.25, -0.2) is 5.43 Å². The number of carbonyl (C=O) groups excluding carboxylic acids is 1. The SMILES string of the molecule is COc1cc(C=NNC(=O)c2ccc(O)c(N)c2)cc(OC)c1OCc1ccc(C(C)C)cc1. The van der Waals surface area contributed by atoms with Crippen LogP contribution in [0.3, 0.4) is 0 Å². The first-order valence-corrected chi connectivity index (χ1v) is 10.7. The zero-order valence-electron chi connectivity index (χ0n) is 19.7. The van der Waals surface area contributed by atoms with Gasteiger partial charge in [-0.2, -0.15) is 5.10 Å². The van der Waals surface area contributed by atoms with Crippen LogP contribution in [0.5, 0.6) is 23.0 Å². The molecule has 0 atom stereocenters. The highest BCUT2D eigenvalue weighted by Crippen LogP contribution is 2.38. The van der Waals surface area contributed by atoms with Crippen LogP contribution in [-0.2, 0) is 6.61 Å². The number of nitrogens with one attached hydrogen (secondary N) is 1. The molecule has 1 amide bonds. The van der Waals surface area contributed by atoms with E-state index in [1.54, 1.807) is 12.1 Å². The number of aromatic hydroxyl groups is 1. The summed E-state index contributed by atoms with van der Waals surface area (Å²) in [5.41, 5.74) is 11.4. The molecule has 34 heavy (non-hydrogen) atoms. The van der Waals surface area contributed by atoms with Gasteiger partial charge >= 0.3 is 0 Å². The maximum atomic E-state index is 12.2. The first-order chi connectivity index (χ1) is 16.3. The van der Waals surface area contributed by atoms with Gasteiger partial charge in [-0.1, -0.05) is 38.1 Å². The number of phenols is 1. The van der Waals surface area contributed by atoms with Crippen molar-refractivity contribution < 1.29 is 24.1 Å². The van der Waals surface area contributed by atoms with Gasteiger partial charge in [0.25, 0.3) is 5.91 Å². The van der Waals surface area contributed by atoms with Crippen molar-refractivity contribution in [3.05, 3.63) is 76.9 Å². The number of rotatable bonds is 9. The van der Waals surface area contributed by atoms with Crippen LogP contribution >= 0.6 is 0 Å². The second-order valence-corrected chi connectivity index (χ2v) is 7.91. The van der Waals surface area contributed by atoms with E-state index in [1.807, 2.05) is 12.1 Å². The smallest absolute Gasteiger partial charge is 0.271 e. The zero-order chi connectivity index (χ0) is 24.7. The highest BCUT2D eigenvalue weighted by atomic mass is 16.5. The number of nitrogens with two attached hydrogens (primary N) is 1. The average molecular weight is 464 g/mol. The summed E-state index contributed by atoms with van der Waals surface area (Å²) in [7, 11) is 3.08. The zero-order valence-corrected chi connectivity index (χ0v) is 19.7. The van der Waals surface area contributed by atoms with Gasteiger partial charge in [-0.15, -0.1) is 0 Å². The molecular weight excluding hydrogens is 434 g/mol. The van der Waals surface area contributed by atoms with Gasteiger partial charge < -0.3 is 25.1 Å². The van der Waals surface area contributed by atoms with Crippen molar-refractivity contribution in [1.29, 1.82) is 0 Å². The molecule has 0 saturated carbocycles. The molecule has 3 aromatic carbocycles. The van der Waals surface area contributed by atoms with Crippen LogP contribution in [0.25, 0.3) is 0 Å². The summed E-state index contributed by atoms with van der Waals surface area (Å²) in [4.78, 5) is 12.2. The third kappa shape index (κ3) is 5.98. The summed E-state index contributed by atoms with van der Waals surface area (Å²) >= 11 is 0. The minimum Gasteiger partial charge on any atom is -0.506 e. The Hall–Kier alpha value is -4.20. The topological polar surface area (TPSA) is 115 Å². The van der Waals surface area contributed by atoms with E-state index >= 15 is 0 Å². The van der Waals surface area contributed by atoms with Crippen molar-refractivity contribution >= 4 is 17.8 Å². The van der Waals surface area contributed by atoms with Crippen molar-refractivity contribution in [2.75, 3.05) is 20.0 Å². The van der Waals surface area contributed by atoms with E-state index in [1.165, 1.54) is 44.2 Å². The maximum Gasteiger partial charge on any atom is 0.271 e. The fourth-order valence-corrected chi connectivity index (χ4v) is 3.20. The first kappa shape index (κ1) is 24.4. The van der Waals surface area contributed by atoms with Crippen LogP contribution < -0.4 is 25.4 Å². The van der Waals surface area contributed by atoms with Gasteiger partial charge in [0.15, 0.2) is 11.5 Å². The molecule has 0 spiro atoms. The van der Waals surface area contributed by atoms with Crippen LogP contribution in [-0.4, -0.2) is 31.4 Å². The number of methoxy groups -OCH3 is 2. The average Bonchev–Trinajstić information content (AvgIpc) is 2.84. The van der Waals surface area contributed by atoms with E-state index in [-0.39, 0.29) is 17.0 Å². The summed E-state index contributed by atoms with van der Waals surface area (Å²) in [6.45, 7) is 4.66. The molecule has 3 rings (SSSR count). The number of hydrogen-bond acceptors (Lipinski definition) is 7. The second-order valence-electron chi connectivity index (χ2n) is 7.91. The van der Waals surface area contributed by atoms with Gasteiger partial charge in [0, 0.05) is 11.1 Å². The molecule has 0 aliphatic carbocycles. The number of hydrogen-bond donors (Lipinski definition) is 3. The van der Waals surface area contributed by atoms with Gasteiger partial charge in [0.1, 0.15) is 12.4 Å². The number of hydrazone groups is 1. The standard InChI is InChI=1S/C26H29N3O5/c1-16(2)19-7-5-17(6-8-19)15-34-25-23(32-3)11-18(12-24(25)33-4)14-28-29-26(31)20-9-10-22(30)21(27)13-20/h5-14,16,30H,15,27H2,1-4H3,(H,29,31). The second kappa shape index (κ2) is 11.1. The number of nitrogen functional groups attached to an aromatic ring is 1. The summed E-state index contributed by atoms with van der Waals surface area (Å²) in [6.07, 6.45) is 1.46. The number of phenolic OH excluding ortho intramolecular Hbond substituents is 1. The fourth-order valence-electron chi connectivity index (χ4n) is 3.20. The van der Waals surface area contributed by atoms with Gasteiger partial charge in [-0.3, -0.25) is 4.79 Å². The molecule has 4 N–H and O–H groups in total. The summed E-state index contributed by atoms with van der Waals surface area (Å²) in [6, 6.07) is 15.9. The van der Waals surface area contributed by atoms with Crippen molar-refractivity contribution in [1.82, 2.24) is 5.43 Å².